The number of benzene rings is 1. The molecular weight excluding hydrogens is 284 g/mol. The summed E-state index contributed by atoms with van der Waals surface area (Å²) in [6.45, 7) is 2.45. The van der Waals surface area contributed by atoms with Crippen molar-refractivity contribution in [2.45, 2.75) is 43.7 Å². The van der Waals surface area contributed by atoms with Crippen molar-refractivity contribution in [1.82, 2.24) is 0 Å². The highest BCUT2D eigenvalue weighted by Crippen LogP contribution is 2.53. The molecule has 5 heteroatoms. The molecule has 0 saturated carbocycles. The first kappa shape index (κ1) is 13.3. The van der Waals surface area contributed by atoms with E-state index in [9.17, 15) is 9.90 Å². The molecule has 3 aliphatic rings. The van der Waals surface area contributed by atoms with Crippen LogP contribution in [0.4, 0.5) is 5.69 Å². The minimum absolute atomic E-state index is 0.00543. The molecule has 0 bridgehead atoms. The molecule has 4 rings (SSSR count). The Balaban J connectivity index is 1.91. The highest BCUT2D eigenvalue weighted by molar-refractivity contribution is 8.14. The number of anilines is 1. The summed E-state index contributed by atoms with van der Waals surface area (Å²) in [6.07, 6.45) is 4.49. The van der Waals surface area contributed by atoms with Crippen LogP contribution in [0.25, 0.3) is 0 Å². The highest BCUT2D eigenvalue weighted by Gasteiger charge is 2.65. The summed E-state index contributed by atoms with van der Waals surface area (Å²) in [7, 11) is 0. The quantitative estimate of drug-likeness (QED) is 0.748. The Bertz CT molecular complexity index is 657. The highest BCUT2D eigenvalue weighted by atomic mass is 32.2. The van der Waals surface area contributed by atoms with Gasteiger partial charge >= 0.3 is 5.72 Å². The Hall–Kier alpha value is -1.33. The van der Waals surface area contributed by atoms with E-state index in [1.54, 1.807) is 23.6 Å². The van der Waals surface area contributed by atoms with Crippen molar-refractivity contribution >= 4 is 28.4 Å². The van der Waals surface area contributed by atoms with Crippen molar-refractivity contribution in [3.8, 4) is 0 Å². The molecule has 3 aliphatic heterocycles. The fourth-order valence-electron chi connectivity index (χ4n) is 3.78. The van der Waals surface area contributed by atoms with Gasteiger partial charge in [-0.25, -0.2) is 0 Å². The van der Waals surface area contributed by atoms with E-state index in [2.05, 4.69) is 4.58 Å². The third-order valence-electron chi connectivity index (χ3n) is 4.71. The summed E-state index contributed by atoms with van der Waals surface area (Å²) in [5, 5.41) is 12.5. The monoisotopic (exact) mass is 303 g/mol. The molecule has 1 aromatic carbocycles. The average Bonchev–Trinajstić information content (AvgIpc) is 2.75. The molecule has 2 atom stereocenters. The van der Waals surface area contributed by atoms with Crippen LogP contribution in [0.15, 0.2) is 24.3 Å². The van der Waals surface area contributed by atoms with E-state index in [0.717, 1.165) is 30.6 Å². The second-order valence-electron chi connectivity index (χ2n) is 5.96. The van der Waals surface area contributed by atoms with E-state index in [-0.39, 0.29) is 11.3 Å². The summed E-state index contributed by atoms with van der Waals surface area (Å²) in [4.78, 5) is 13.9. The van der Waals surface area contributed by atoms with Gasteiger partial charge < -0.3 is 5.11 Å². The van der Waals surface area contributed by atoms with Crippen molar-refractivity contribution in [3.63, 3.8) is 0 Å². The molecule has 21 heavy (non-hydrogen) atoms. The maximum Gasteiger partial charge on any atom is 0.326 e. The van der Waals surface area contributed by atoms with Gasteiger partial charge in [-0.3, -0.25) is 9.69 Å². The SMILES string of the molecule is CC(=O)N1c2ccccc2[C@@]2(O)[C@@H]1SC1=[N+]2CCCCC1. The van der Waals surface area contributed by atoms with Gasteiger partial charge in [0.15, 0.2) is 5.37 Å². The van der Waals surface area contributed by atoms with Crippen LogP contribution in [0.2, 0.25) is 0 Å². The van der Waals surface area contributed by atoms with Crippen LogP contribution in [0.3, 0.4) is 0 Å². The molecule has 0 aromatic heterocycles. The minimum atomic E-state index is -1.06. The largest absolute Gasteiger partial charge is 0.328 e. The summed E-state index contributed by atoms with van der Waals surface area (Å²) >= 11 is 1.67. The first-order valence-corrected chi connectivity index (χ1v) is 8.44. The molecule has 0 aliphatic carbocycles. The number of rotatable bonds is 0. The topological polar surface area (TPSA) is 43.6 Å². The van der Waals surface area contributed by atoms with Crippen LogP contribution in [0, 0.1) is 0 Å². The van der Waals surface area contributed by atoms with Crippen LogP contribution in [0.1, 0.15) is 38.2 Å². The maximum atomic E-state index is 12.1. The normalized spacial score (nSPS) is 30.8. The number of carbonyl (C=O) groups excluding carboxylic acids is 1. The number of aliphatic hydroxyl groups is 1. The van der Waals surface area contributed by atoms with Crippen LogP contribution in [-0.4, -0.2) is 32.6 Å². The summed E-state index contributed by atoms with van der Waals surface area (Å²) in [6, 6.07) is 7.76. The lowest BCUT2D eigenvalue weighted by Crippen LogP contribution is -2.48. The zero-order chi connectivity index (χ0) is 14.6. The van der Waals surface area contributed by atoms with Crippen LogP contribution in [-0.2, 0) is 10.5 Å². The van der Waals surface area contributed by atoms with Gasteiger partial charge in [-0.05, 0) is 36.7 Å². The molecule has 0 radical (unpaired) electrons. The molecule has 1 amide bonds. The second kappa shape index (κ2) is 4.58. The molecule has 1 aromatic rings. The number of fused-ring (bicyclic) bond motifs is 4. The van der Waals surface area contributed by atoms with Crippen molar-refractivity contribution in [3.05, 3.63) is 29.8 Å². The number of carbonyl (C=O) groups is 1. The third-order valence-corrected chi connectivity index (χ3v) is 6.17. The van der Waals surface area contributed by atoms with E-state index in [4.69, 9.17) is 0 Å². The number of amides is 1. The Labute approximate surface area is 128 Å². The Morgan fingerprint density at radius 1 is 1.38 bits per heavy atom. The predicted molar refractivity (Wildman–Crippen MR) is 83.5 cm³/mol. The van der Waals surface area contributed by atoms with Gasteiger partial charge in [0.2, 0.25) is 11.0 Å². The first-order valence-electron chi connectivity index (χ1n) is 7.56. The maximum absolute atomic E-state index is 12.1. The third kappa shape index (κ3) is 1.67. The van der Waals surface area contributed by atoms with Crippen molar-refractivity contribution in [2.75, 3.05) is 11.4 Å². The van der Waals surface area contributed by atoms with Crippen LogP contribution in [0.5, 0.6) is 0 Å². The Morgan fingerprint density at radius 2 is 2.19 bits per heavy atom. The molecule has 110 valence electrons. The van der Waals surface area contributed by atoms with E-state index < -0.39 is 5.72 Å². The Kier molecular flexibility index (Phi) is 2.91. The van der Waals surface area contributed by atoms with Crippen LogP contribution >= 0.6 is 11.8 Å². The molecule has 0 spiro atoms. The van der Waals surface area contributed by atoms with E-state index in [0.29, 0.717) is 0 Å². The molecule has 3 heterocycles. The summed E-state index contributed by atoms with van der Waals surface area (Å²) < 4.78 is 2.15. The van der Waals surface area contributed by atoms with Gasteiger partial charge in [-0.1, -0.05) is 12.1 Å². The van der Waals surface area contributed by atoms with Gasteiger partial charge in [-0.15, -0.1) is 0 Å². The van der Waals surface area contributed by atoms with Crippen molar-refractivity contribution in [2.24, 2.45) is 0 Å². The standard InChI is InChI=1S/C16H19N2O2S/c1-11(19)18-13-8-5-4-7-12(13)16(20)15(18)21-14-9-3-2-6-10-17(14)16/h4-5,7-8,15,20H,2-3,6,9-10H2,1H3/q+1/t15-,16+/m0/s1. The van der Waals surface area contributed by atoms with Crippen LogP contribution < -0.4 is 4.90 Å². The van der Waals surface area contributed by atoms with Gasteiger partial charge in [0, 0.05) is 19.8 Å². The Morgan fingerprint density at radius 3 is 3.00 bits per heavy atom. The smallest absolute Gasteiger partial charge is 0.326 e. The lowest BCUT2D eigenvalue weighted by Gasteiger charge is -2.24. The fourth-order valence-corrected chi connectivity index (χ4v) is 5.44. The molecule has 0 unspecified atom stereocenters. The van der Waals surface area contributed by atoms with Gasteiger partial charge in [0.05, 0.1) is 11.3 Å². The average molecular weight is 303 g/mol. The van der Waals surface area contributed by atoms with Gasteiger partial charge in [-0.2, -0.15) is 4.58 Å². The number of thioether (sulfide) groups is 1. The van der Waals surface area contributed by atoms with Crippen molar-refractivity contribution in [1.29, 1.82) is 0 Å². The molecule has 0 saturated heterocycles. The first-order chi connectivity index (χ1) is 10.1. The lowest BCUT2D eigenvalue weighted by molar-refractivity contribution is -0.661. The molecular formula is C16H19N2O2S+. The number of nitrogens with zero attached hydrogens (tertiary/aromatic N) is 2. The van der Waals surface area contributed by atoms with E-state index >= 15 is 0 Å². The zero-order valence-corrected chi connectivity index (χ0v) is 12.9. The number of hydrogen-bond acceptors (Lipinski definition) is 3. The summed E-state index contributed by atoms with van der Waals surface area (Å²) in [5.74, 6) is -0.00543. The zero-order valence-electron chi connectivity index (χ0n) is 12.1. The number of hydrogen-bond donors (Lipinski definition) is 1. The lowest BCUT2D eigenvalue weighted by atomic mass is 10.0. The van der Waals surface area contributed by atoms with E-state index in [1.807, 2.05) is 24.3 Å². The predicted octanol–water partition coefficient (Wildman–Crippen LogP) is 2.26. The fraction of sp³-hybridized carbons (Fsp3) is 0.500. The summed E-state index contributed by atoms with van der Waals surface area (Å²) in [5.41, 5.74) is 0.662. The molecule has 0 fully saturated rings. The van der Waals surface area contributed by atoms with Gasteiger partial charge in [0.1, 0.15) is 6.54 Å². The minimum Gasteiger partial charge on any atom is -0.328 e. The molecule has 1 N–H and O–H groups in total. The number of para-hydroxylation sites is 1. The molecule has 4 nitrogen and oxygen atoms in total. The van der Waals surface area contributed by atoms with Gasteiger partial charge in [0.25, 0.3) is 0 Å². The van der Waals surface area contributed by atoms with Crippen molar-refractivity contribution < 1.29 is 14.5 Å². The van der Waals surface area contributed by atoms with E-state index in [1.165, 1.54) is 17.9 Å². The second-order valence-corrected chi connectivity index (χ2v) is 7.11.